The summed E-state index contributed by atoms with van der Waals surface area (Å²) in [5.74, 6) is -0.957. The first-order valence-corrected chi connectivity index (χ1v) is 9.72. The predicted octanol–water partition coefficient (Wildman–Crippen LogP) is 2.53. The van der Waals surface area contributed by atoms with E-state index >= 15 is 0 Å². The molecule has 0 saturated heterocycles. The Kier molecular flexibility index (Phi) is 14.0. The van der Waals surface area contributed by atoms with E-state index in [1.807, 2.05) is 0 Å². The number of rotatable bonds is 17. The summed E-state index contributed by atoms with van der Waals surface area (Å²) >= 11 is 0. The van der Waals surface area contributed by atoms with E-state index < -0.39 is 11.8 Å². The van der Waals surface area contributed by atoms with Crippen molar-refractivity contribution in [2.75, 3.05) is 59.5 Å². The lowest BCUT2D eigenvalue weighted by Crippen LogP contribution is -2.20. The molecular formula is C21H32O7. The van der Waals surface area contributed by atoms with Gasteiger partial charge in [0.25, 0.3) is 5.78 Å². The maximum absolute atomic E-state index is 11.8. The van der Waals surface area contributed by atoms with Crippen LogP contribution in [0.25, 0.3) is 0 Å². The van der Waals surface area contributed by atoms with Gasteiger partial charge in [-0.1, -0.05) is 50.6 Å². The average Bonchev–Trinajstić information content (AvgIpc) is 2.73. The van der Waals surface area contributed by atoms with E-state index in [9.17, 15) is 9.59 Å². The van der Waals surface area contributed by atoms with Gasteiger partial charge in [-0.15, -0.1) is 0 Å². The number of ether oxygens (including phenoxy) is 5. The molecule has 0 fully saturated rings. The van der Waals surface area contributed by atoms with Crippen LogP contribution < -0.4 is 0 Å². The van der Waals surface area contributed by atoms with Gasteiger partial charge in [-0.3, -0.25) is 4.79 Å². The highest BCUT2D eigenvalue weighted by Gasteiger charge is 2.16. The van der Waals surface area contributed by atoms with Crippen LogP contribution in [0.1, 0.15) is 30.6 Å². The van der Waals surface area contributed by atoms with Gasteiger partial charge in [0.2, 0.25) is 0 Å². The number of esters is 1. The highest BCUT2D eigenvalue weighted by molar-refractivity contribution is 6.40. The van der Waals surface area contributed by atoms with Crippen molar-refractivity contribution in [3.05, 3.63) is 35.9 Å². The van der Waals surface area contributed by atoms with Crippen LogP contribution >= 0.6 is 0 Å². The Hall–Kier alpha value is -1.80. The van der Waals surface area contributed by atoms with Gasteiger partial charge in [0.05, 0.1) is 46.2 Å². The number of carbonyl (C=O) groups excluding carboxylic acids is 2. The predicted molar refractivity (Wildman–Crippen MR) is 104 cm³/mol. The lowest BCUT2D eigenvalue weighted by molar-refractivity contribution is -0.139. The molecule has 0 amide bonds. The highest BCUT2D eigenvalue weighted by atomic mass is 16.6. The molecule has 0 saturated carbocycles. The van der Waals surface area contributed by atoms with Gasteiger partial charge in [0.1, 0.15) is 6.61 Å². The topological polar surface area (TPSA) is 80.3 Å². The summed E-state index contributed by atoms with van der Waals surface area (Å²) < 4.78 is 26.4. The second kappa shape index (κ2) is 16.2. The van der Waals surface area contributed by atoms with Crippen molar-refractivity contribution in [3.8, 4) is 0 Å². The first-order chi connectivity index (χ1) is 13.6. The smallest absolute Gasteiger partial charge is 0.379 e. The lowest BCUT2D eigenvalue weighted by Gasteiger charge is -2.10. The number of benzene rings is 1. The fourth-order valence-corrected chi connectivity index (χ4v) is 2.03. The van der Waals surface area contributed by atoms with Gasteiger partial charge in [-0.25, -0.2) is 4.79 Å². The zero-order chi connectivity index (χ0) is 20.5. The van der Waals surface area contributed by atoms with E-state index in [0.29, 0.717) is 51.1 Å². The minimum atomic E-state index is -0.878. The van der Waals surface area contributed by atoms with Crippen LogP contribution in [0, 0.1) is 5.92 Å². The molecule has 1 atom stereocenters. The van der Waals surface area contributed by atoms with Crippen LogP contribution in [-0.2, 0) is 28.5 Å². The van der Waals surface area contributed by atoms with Crippen LogP contribution in [0.5, 0.6) is 0 Å². The molecule has 1 aromatic rings. The monoisotopic (exact) mass is 396 g/mol. The maximum Gasteiger partial charge on any atom is 0.379 e. The molecule has 0 aromatic heterocycles. The van der Waals surface area contributed by atoms with Crippen LogP contribution in [0.2, 0.25) is 0 Å². The second-order valence-electron chi connectivity index (χ2n) is 6.26. The van der Waals surface area contributed by atoms with Crippen molar-refractivity contribution in [2.24, 2.45) is 5.92 Å². The number of carbonyl (C=O) groups is 2. The van der Waals surface area contributed by atoms with E-state index in [0.717, 1.165) is 13.0 Å². The zero-order valence-electron chi connectivity index (χ0n) is 16.9. The van der Waals surface area contributed by atoms with E-state index in [-0.39, 0.29) is 13.2 Å². The summed E-state index contributed by atoms with van der Waals surface area (Å²) in [6.45, 7) is 8.24. The van der Waals surface area contributed by atoms with Gasteiger partial charge in [0.15, 0.2) is 0 Å². The second-order valence-corrected chi connectivity index (χ2v) is 6.26. The molecule has 0 aliphatic heterocycles. The first-order valence-electron chi connectivity index (χ1n) is 9.72. The van der Waals surface area contributed by atoms with Crippen molar-refractivity contribution < 1.29 is 33.3 Å². The molecule has 7 heteroatoms. The summed E-state index contributed by atoms with van der Waals surface area (Å²) in [5.41, 5.74) is 0.311. The lowest BCUT2D eigenvalue weighted by atomic mass is 10.1. The SMILES string of the molecule is CCC(C)COCCOCCOCCOCCOC(=O)C(=O)c1ccccc1. The molecule has 158 valence electrons. The van der Waals surface area contributed by atoms with Crippen molar-refractivity contribution in [3.63, 3.8) is 0 Å². The Morgan fingerprint density at radius 2 is 1.29 bits per heavy atom. The van der Waals surface area contributed by atoms with Crippen LogP contribution in [0.3, 0.4) is 0 Å². The van der Waals surface area contributed by atoms with Crippen molar-refractivity contribution in [1.29, 1.82) is 0 Å². The molecule has 0 bridgehead atoms. The fraction of sp³-hybridized carbons (Fsp3) is 0.619. The summed E-state index contributed by atoms with van der Waals surface area (Å²) in [5, 5.41) is 0. The fourth-order valence-electron chi connectivity index (χ4n) is 2.03. The van der Waals surface area contributed by atoms with Crippen LogP contribution in [-0.4, -0.2) is 71.2 Å². The molecule has 28 heavy (non-hydrogen) atoms. The number of hydrogen-bond acceptors (Lipinski definition) is 7. The van der Waals surface area contributed by atoms with E-state index in [4.69, 9.17) is 23.7 Å². The third kappa shape index (κ3) is 11.8. The minimum absolute atomic E-state index is 0.0250. The molecule has 0 aliphatic carbocycles. The number of ketones is 1. The maximum atomic E-state index is 11.8. The standard InChI is InChI=1S/C21H32O7/c1-3-18(2)17-27-14-13-25-10-9-24-11-12-26-15-16-28-21(23)20(22)19-7-5-4-6-8-19/h4-8,18H,3,9-17H2,1-2H3. The molecule has 1 unspecified atom stereocenters. The zero-order valence-corrected chi connectivity index (χ0v) is 16.9. The third-order valence-electron chi connectivity index (χ3n) is 3.90. The molecule has 1 aromatic carbocycles. The number of Topliss-reactive ketones (excluding diaryl/α,β-unsaturated/α-hetero) is 1. The Balaban J connectivity index is 1.85. The molecule has 0 heterocycles. The van der Waals surface area contributed by atoms with Gasteiger partial charge in [0, 0.05) is 12.2 Å². The minimum Gasteiger partial charge on any atom is -0.457 e. The Morgan fingerprint density at radius 1 is 0.786 bits per heavy atom. The van der Waals surface area contributed by atoms with E-state index in [1.165, 1.54) is 0 Å². The molecule has 7 nitrogen and oxygen atoms in total. The number of hydrogen-bond donors (Lipinski definition) is 0. The Morgan fingerprint density at radius 3 is 1.82 bits per heavy atom. The summed E-state index contributed by atoms with van der Waals surface area (Å²) in [7, 11) is 0. The van der Waals surface area contributed by atoms with Gasteiger partial charge in [-0.2, -0.15) is 0 Å². The van der Waals surface area contributed by atoms with Crippen LogP contribution in [0.15, 0.2) is 30.3 Å². The molecular weight excluding hydrogens is 364 g/mol. The normalized spacial score (nSPS) is 11.9. The van der Waals surface area contributed by atoms with Crippen LogP contribution in [0.4, 0.5) is 0 Å². The van der Waals surface area contributed by atoms with Crippen molar-refractivity contribution in [2.45, 2.75) is 20.3 Å². The van der Waals surface area contributed by atoms with Gasteiger partial charge < -0.3 is 23.7 Å². The van der Waals surface area contributed by atoms with Gasteiger partial charge >= 0.3 is 5.97 Å². The first kappa shape index (κ1) is 24.2. The highest BCUT2D eigenvalue weighted by Crippen LogP contribution is 2.01. The summed E-state index contributed by atoms with van der Waals surface area (Å²) in [6.07, 6.45) is 1.12. The molecule has 0 radical (unpaired) electrons. The molecule has 0 spiro atoms. The quantitative estimate of drug-likeness (QED) is 0.173. The van der Waals surface area contributed by atoms with Gasteiger partial charge in [-0.05, 0) is 5.92 Å². The van der Waals surface area contributed by atoms with E-state index in [1.54, 1.807) is 30.3 Å². The third-order valence-corrected chi connectivity index (χ3v) is 3.90. The molecule has 1 rings (SSSR count). The Bertz CT molecular complexity index is 533. The van der Waals surface area contributed by atoms with Crippen molar-refractivity contribution in [1.82, 2.24) is 0 Å². The molecule has 0 N–H and O–H groups in total. The summed E-state index contributed by atoms with van der Waals surface area (Å²) in [4.78, 5) is 23.4. The average molecular weight is 396 g/mol. The van der Waals surface area contributed by atoms with E-state index in [2.05, 4.69) is 13.8 Å². The largest absolute Gasteiger partial charge is 0.457 e. The Labute approximate surface area is 167 Å². The molecule has 0 aliphatic rings. The van der Waals surface area contributed by atoms with Crippen molar-refractivity contribution >= 4 is 11.8 Å². The summed E-state index contributed by atoms with van der Waals surface area (Å²) in [6, 6.07) is 8.29.